The molecule has 0 amide bonds. The van der Waals surface area contributed by atoms with Crippen LogP contribution in [0.5, 0.6) is 5.75 Å². The number of hydrazone groups is 1. The summed E-state index contributed by atoms with van der Waals surface area (Å²) in [4.78, 5) is 10.7. The molecule has 0 spiro atoms. The Balaban J connectivity index is 1.98. The van der Waals surface area contributed by atoms with E-state index in [9.17, 15) is 4.79 Å². The van der Waals surface area contributed by atoms with E-state index in [1.54, 1.807) is 42.6 Å². The molecule has 0 saturated carbocycles. The van der Waals surface area contributed by atoms with Crippen LogP contribution in [0.2, 0.25) is 0 Å². The molecule has 0 aliphatic carbocycles. The first-order valence-electron chi connectivity index (χ1n) is 5.56. The van der Waals surface area contributed by atoms with Crippen LogP contribution in [0.1, 0.15) is 15.9 Å². The Labute approximate surface area is 109 Å². The summed E-state index contributed by atoms with van der Waals surface area (Å²) in [6, 6.07) is 12.9. The number of benzene rings is 2. The van der Waals surface area contributed by atoms with Gasteiger partial charge in [0.15, 0.2) is 0 Å². The average Bonchev–Trinajstić information content (AvgIpc) is 2.41. The number of carbonyl (C=O) groups is 1. The van der Waals surface area contributed by atoms with Gasteiger partial charge in [-0.05, 0) is 54.1 Å². The number of aromatic hydroxyl groups is 1. The lowest BCUT2D eigenvalue weighted by atomic mass is 10.2. The molecule has 0 bridgehead atoms. The molecule has 0 fully saturated rings. The molecule has 2 aromatic rings. The van der Waals surface area contributed by atoms with Crippen molar-refractivity contribution in [1.82, 2.24) is 0 Å². The molecule has 0 aromatic heterocycles. The minimum Gasteiger partial charge on any atom is -0.508 e. The van der Waals surface area contributed by atoms with Crippen LogP contribution >= 0.6 is 0 Å². The van der Waals surface area contributed by atoms with Gasteiger partial charge in [0.05, 0.1) is 17.5 Å². The number of nitrogens with one attached hydrogen (secondary N) is 1. The molecular weight excluding hydrogens is 244 g/mol. The number of anilines is 1. The highest BCUT2D eigenvalue weighted by Gasteiger charge is 2.00. The average molecular weight is 256 g/mol. The summed E-state index contributed by atoms with van der Waals surface area (Å²) in [6.07, 6.45) is 1.60. The number of carboxylic acid groups (broad SMARTS) is 1. The van der Waals surface area contributed by atoms with Crippen molar-refractivity contribution in [2.24, 2.45) is 5.10 Å². The predicted molar refractivity (Wildman–Crippen MR) is 72.7 cm³/mol. The summed E-state index contributed by atoms with van der Waals surface area (Å²) in [5, 5.41) is 21.9. The van der Waals surface area contributed by atoms with Crippen LogP contribution in [0.4, 0.5) is 5.69 Å². The van der Waals surface area contributed by atoms with E-state index in [2.05, 4.69) is 10.5 Å². The zero-order chi connectivity index (χ0) is 13.7. The van der Waals surface area contributed by atoms with Crippen molar-refractivity contribution in [2.45, 2.75) is 0 Å². The first kappa shape index (κ1) is 12.6. The van der Waals surface area contributed by atoms with Crippen LogP contribution in [0.15, 0.2) is 53.6 Å². The first-order valence-corrected chi connectivity index (χ1v) is 5.56. The third-order valence-corrected chi connectivity index (χ3v) is 2.43. The number of hydrogen-bond acceptors (Lipinski definition) is 4. The summed E-state index contributed by atoms with van der Waals surface area (Å²) in [5.41, 5.74) is 4.55. The second-order valence-electron chi connectivity index (χ2n) is 3.84. The van der Waals surface area contributed by atoms with Crippen molar-refractivity contribution in [3.8, 4) is 5.75 Å². The molecule has 0 atom stereocenters. The Morgan fingerprint density at radius 2 is 1.68 bits per heavy atom. The van der Waals surface area contributed by atoms with Crippen LogP contribution in [-0.2, 0) is 0 Å². The molecule has 0 aliphatic heterocycles. The minimum atomic E-state index is -0.959. The van der Waals surface area contributed by atoms with Gasteiger partial charge in [0.1, 0.15) is 5.75 Å². The normalized spacial score (nSPS) is 10.5. The van der Waals surface area contributed by atoms with Crippen LogP contribution in [0.25, 0.3) is 0 Å². The van der Waals surface area contributed by atoms with Gasteiger partial charge in [0.2, 0.25) is 0 Å². The van der Waals surface area contributed by atoms with E-state index in [1.165, 1.54) is 12.1 Å². The van der Waals surface area contributed by atoms with Gasteiger partial charge < -0.3 is 10.2 Å². The summed E-state index contributed by atoms with van der Waals surface area (Å²) < 4.78 is 0. The van der Waals surface area contributed by atoms with E-state index in [0.29, 0.717) is 5.69 Å². The quantitative estimate of drug-likeness (QED) is 0.580. The summed E-state index contributed by atoms with van der Waals surface area (Å²) in [6.45, 7) is 0. The Bertz CT molecular complexity index is 589. The summed E-state index contributed by atoms with van der Waals surface area (Å²) in [5.74, 6) is -0.756. The highest BCUT2D eigenvalue weighted by atomic mass is 16.4. The zero-order valence-corrected chi connectivity index (χ0v) is 9.95. The van der Waals surface area contributed by atoms with Crippen molar-refractivity contribution < 1.29 is 15.0 Å². The van der Waals surface area contributed by atoms with Crippen molar-refractivity contribution in [1.29, 1.82) is 0 Å². The van der Waals surface area contributed by atoms with E-state index in [-0.39, 0.29) is 11.3 Å². The maximum Gasteiger partial charge on any atom is 0.335 e. The van der Waals surface area contributed by atoms with E-state index in [4.69, 9.17) is 10.2 Å². The summed E-state index contributed by atoms with van der Waals surface area (Å²) >= 11 is 0. The topological polar surface area (TPSA) is 81.9 Å². The van der Waals surface area contributed by atoms with Gasteiger partial charge in [-0.2, -0.15) is 5.10 Å². The molecular formula is C14H12N2O3. The zero-order valence-electron chi connectivity index (χ0n) is 9.95. The Hall–Kier alpha value is -2.82. The molecule has 3 N–H and O–H groups in total. The molecule has 5 heteroatoms. The third kappa shape index (κ3) is 3.57. The van der Waals surface area contributed by atoms with E-state index < -0.39 is 5.97 Å². The highest BCUT2D eigenvalue weighted by molar-refractivity contribution is 5.88. The molecule has 19 heavy (non-hydrogen) atoms. The summed E-state index contributed by atoms with van der Waals surface area (Å²) in [7, 11) is 0. The number of rotatable bonds is 4. The first-order chi connectivity index (χ1) is 9.15. The fourth-order valence-electron chi connectivity index (χ4n) is 1.43. The largest absolute Gasteiger partial charge is 0.508 e. The smallest absolute Gasteiger partial charge is 0.335 e. The standard InChI is InChI=1S/C14H12N2O3/c17-13-7-1-10(2-8-13)9-15-16-12-5-3-11(4-6-12)14(18)19/h1-9,16-17H,(H,18,19)/b15-9+. The van der Waals surface area contributed by atoms with Gasteiger partial charge in [0, 0.05) is 0 Å². The van der Waals surface area contributed by atoms with Crippen LogP contribution in [0.3, 0.4) is 0 Å². The van der Waals surface area contributed by atoms with Gasteiger partial charge in [-0.3, -0.25) is 5.43 Å². The van der Waals surface area contributed by atoms with E-state index >= 15 is 0 Å². The van der Waals surface area contributed by atoms with Gasteiger partial charge in [-0.25, -0.2) is 4.79 Å². The van der Waals surface area contributed by atoms with Gasteiger partial charge >= 0.3 is 5.97 Å². The number of hydrogen-bond donors (Lipinski definition) is 3. The van der Waals surface area contributed by atoms with E-state index in [1.807, 2.05) is 0 Å². The number of aromatic carboxylic acids is 1. The second kappa shape index (κ2) is 5.68. The number of phenolic OH excluding ortho intramolecular Hbond substituents is 1. The molecule has 2 rings (SSSR count). The predicted octanol–water partition coefficient (Wildman–Crippen LogP) is 2.54. The lowest BCUT2D eigenvalue weighted by molar-refractivity contribution is 0.0697. The molecule has 2 aromatic carbocycles. The number of phenols is 1. The second-order valence-corrected chi connectivity index (χ2v) is 3.84. The van der Waals surface area contributed by atoms with Crippen molar-refractivity contribution in [2.75, 3.05) is 5.43 Å². The Kier molecular flexibility index (Phi) is 3.78. The fourth-order valence-corrected chi connectivity index (χ4v) is 1.43. The minimum absolute atomic E-state index is 0.203. The molecule has 0 aliphatic rings. The maximum atomic E-state index is 10.7. The fraction of sp³-hybridized carbons (Fsp3) is 0. The SMILES string of the molecule is O=C(O)c1ccc(N/N=C/c2ccc(O)cc2)cc1. The number of nitrogens with zero attached hydrogens (tertiary/aromatic N) is 1. The lowest BCUT2D eigenvalue weighted by Crippen LogP contribution is -1.96. The molecule has 5 nitrogen and oxygen atoms in total. The van der Waals surface area contributed by atoms with Crippen molar-refractivity contribution >= 4 is 17.9 Å². The molecule has 96 valence electrons. The third-order valence-electron chi connectivity index (χ3n) is 2.43. The highest BCUT2D eigenvalue weighted by Crippen LogP contribution is 2.10. The van der Waals surface area contributed by atoms with E-state index in [0.717, 1.165) is 5.56 Å². The maximum absolute atomic E-state index is 10.7. The molecule has 0 heterocycles. The monoisotopic (exact) mass is 256 g/mol. The van der Waals surface area contributed by atoms with Gasteiger partial charge in [0.25, 0.3) is 0 Å². The Morgan fingerprint density at radius 3 is 2.26 bits per heavy atom. The molecule has 0 radical (unpaired) electrons. The van der Waals surface area contributed by atoms with Gasteiger partial charge in [-0.15, -0.1) is 0 Å². The Morgan fingerprint density at radius 1 is 1.05 bits per heavy atom. The van der Waals surface area contributed by atoms with Gasteiger partial charge in [-0.1, -0.05) is 0 Å². The van der Waals surface area contributed by atoms with Crippen molar-refractivity contribution in [3.63, 3.8) is 0 Å². The lowest BCUT2D eigenvalue weighted by Gasteiger charge is -2.00. The van der Waals surface area contributed by atoms with Crippen LogP contribution in [0, 0.1) is 0 Å². The van der Waals surface area contributed by atoms with Crippen molar-refractivity contribution in [3.05, 3.63) is 59.7 Å². The molecule has 0 unspecified atom stereocenters. The number of carboxylic acids is 1. The van der Waals surface area contributed by atoms with Crippen LogP contribution < -0.4 is 5.43 Å². The molecule has 0 saturated heterocycles. The van der Waals surface area contributed by atoms with Crippen LogP contribution in [-0.4, -0.2) is 22.4 Å².